The molecule has 0 fully saturated rings. The van der Waals surface area contributed by atoms with E-state index in [1.54, 1.807) is 0 Å². The van der Waals surface area contributed by atoms with E-state index in [1.807, 2.05) is 0 Å². The largest absolute Gasteiger partial charge is 0.463 e. The van der Waals surface area contributed by atoms with Crippen molar-refractivity contribution in [3.8, 4) is 0 Å². The van der Waals surface area contributed by atoms with E-state index in [9.17, 15) is 0 Å². The lowest BCUT2D eigenvalue weighted by molar-refractivity contribution is 0.227. The van der Waals surface area contributed by atoms with Crippen LogP contribution in [-0.4, -0.2) is 24.5 Å². The summed E-state index contributed by atoms with van der Waals surface area (Å²) in [6.45, 7) is 13.9. The minimum absolute atomic E-state index is 0.700. The molecular weight excluding hydrogens is 224 g/mol. The van der Waals surface area contributed by atoms with Crippen molar-refractivity contribution in [2.24, 2.45) is 5.92 Å². The third-order valence-corrected chi connectivity index (χ3v) is 2.89. The van der Waals surface area contributed by atoms with Crippen molar-refractivity contribution in [1.82, 2.24) is 10.2 Å². The second-order valence-corrected chi connectivity index (χ2v) is 5.27. The predicted molar refractivity (Wildman–Crippen MR) is 76.5 cm³/mol. The average Bonchev–Trinajstić information content (AvgIpc) is 2.76. The van der Waals surface area contributed by atoms with Gasteiger partial charge in [0.25, 0.3) is 0 Å². The standard InChI is InChI=1S/C15H28N2O/c1-5-9-16-10-14-7-8-15(18-14)12-17(6-2)11-13(3)4/h7-8,13,16H,5-6,9-12H2,1-4H3. The Hall–Kier alpha value is -0.800. The van der Waals surface area contributed by atoms with Crippen LogP contribution in [0.1, 0.15) is 45.6 Å². The summed E-state index contributed by atoms with van der Waals surface area (Å²) in [5, 5.41) is 3.36. The zero-order valence-corrected chi connectivity index (χ0v) is 12.3. The molecule has 1 rings (SSSR count). The Labute approximate surface area is 112 Å². The summed E-state index contributed by atoms with van der Waals surface area (Å²) in [4.78, 5) is 2.42. The van der Waals surface area contributed by atoms with Gasteiger partial charge in [-0.1, -0.05) is 27.7 Å². The molecule has 1 heterocycles. The van der Waals surface area contributed by atoms with Crippen molar-refractivity contribution >= 4 is 0 Å². The maximum Gasteiger partial charge on any atom is 0.118 e. The number of hydrogen-bond acceptors (Lipinski definition) is 3. The van der Waals surface area contributed by atoms with Gasteiger partial charge >= 0.3 is 0 Å². The fourth-order valence-electron chi connectivity index (χ4n) is 2.03. The van der Waals surface area contributed by atoms with Crippen LogP contribution in [0.4, 0.5) is 0 Å². The van der Waals surface area contributed by atoms with Crippen LogP contribution < -0.4 is 5.32 Å². The first-order chi connectivity index (χ1) is 8.65. The highest BCUT2D eigenvalue weighted by atomic mass is 16.3. The third-order valence-electron chi connectivity index (χ3n) is 2.89. The van der Waals surface area contributed by atoms with E-state index in [0.29, 0.717) is 5.92 Å². The Morgan fingerprint density at radius 3 is 2.56 bits per heavy atom. The second-order valence-electron chi connectivity index (χ2n) is 5.27. The lowest BCUT2D eigenvalue weighted by atomic mass is 10.2. The highest BCUT2D eigenvalue weighted by Gasteiger charge is 2.09. The van der Waals surface area contributed by atoms with Crippen LogP contribution in [0.25, 0.3) is 0 Å². The van der Waals surface area contributed by atoms with Crippen molar-refractivity contribution in [3.63, 3.8) is 0 Å². The maximum absolute atomic E-state index is 5.84. The van der Waals surface area contributed by atoms with Crippen LogP contribution >= 0.6 is 0 Å². The number of nitrogens with one attached hydrogen (secondary N) is 1. The van der Waals surface area contributed by atoms with E-state index in [-0.39, 0.29) is 0 Å². The van der Waals surface area contributed by atoms with E-state index < -0.39 is 0 Å². The first kappa shape index (κ1) is 15.3. The second kappa shape index (κ2) is 8.33. The Kier molecular flexibility index (Phi) is 7.06. The quantitative estimate of drug-likeness (QED) is 0.684. The smallest absolute Gasteiger partial charge is 0.118 e. The highest BCUT2D eigenvalue weighted by molar-refractivity contribution is 5.07. The summed E-state index contributed by atoms with van der Waals surface area (Å²) in [5.41, 5.74) is 0. The molecule has 18 heavy (non-hydrogen) atoms. The summed E-state index contributed by atoms with van der Waals surface area (Å²) in [6.07, 6.45) is 1.16. The first-order valence-electron chi connectivity index (χ1n) is 7.16. The molecule has 0 spiro atoms. The SMILES string of the molecule is CCCNCc1ccc(CN(CC)CC(C)C)o1. The molecule has 3 heteroatoms. The normalized spacial score (nSPS) is 11.7. The Morgan fingerprint density at radius 1 is 1.22 bits per heavy atom. The zero-order chi connectivity index (χ0) is 13.4. The highest BCUT2D eigenvalue weighted by Crippen LogP contribution is 2.11. The van der Waals surface area contributed by atoms with Gasteiger partial charge in [-0.25, -0.2) is 0 Å². The van der Waals surface area contributed by atoms with Crippen LogP contribution in [0.2, 0.25) is 0 Å². The molecule has 0 aliphatic rings. The molecule has 0 unspecified atom stereocenters. The Morgan fingerprint density at radius 2 is 1.94 bits per heavy atom. The van der Waals surface area contributed by atoms with Gasteiger partial charge in [0.2, 0.25) is 0 Å². The van der Waals surface area contributed by atoms with Gasteiger partial charge in [-0.05, 0) is 37.6 Å². The molecule has 0 bridgehead atoms. The summed E-state index contributed by atoms with van der Waals surface area (Å²) < 4.78 is 5.84. The fourth-order valence-corrected chi connectivity index (χ4v) is 2.03. The van der Waals surface area contributed by atoms with Gasteiger partial charge < -0.3 is 9.73 Å². The lowest BCUT2D eigenvalue weighted by Gasteiger charge is -2.21. The van der Waals surface area contributed by atoms with Crippen LogP contribution in [0.15, 0.2) is 16.5 Å². The van der Waals surface area contributed by atoms with E-state index in [2.05, 4.69) is 50.0 Å². The number of furan rings is 1. The van der Waals surface area contributed by atoms with Crippen molar-refractivity contribution in [2.75, 3.05) is 19.6 Å². The van der Waals surface area contributed by atoms with Crippen molar-refractivity contribution in [2.45, 2.75) is 47.2 Å². The summed E-state index contributed by atoms with van der Waals surface area (Å²) >= 11 is 0. The topological polar surface area (TPSA) is 28.4 Å². The Bertz CT molecular complexity index is 320. The predicted octanol–water partition coefficient (Wildman–Crippen LogP) is 3.26. The molecule has 0 saturated heterocycles. The molecule has 1 aromatic rings. The lowest BCUT2D eigenvalue weighted by Crippen LogP contribution is -2.26. The van der Waals surface area contributed by atoms with Gasteiger partial charge in [0, 0.05) is 6.54 Å². The van der Waals surface area contributed by atoms with Gasteiger partial charge in [0.15, 0.2) is 0 Å². The average molecular weight is 252 g/mol. The van der Waals surface area contributed by atoms with Crippen LogP contribution in [0, 0.1) is 5.92 Å². The van der Waals surface area contributed by atoms with Gasteiger partial charge in [0.05, 0.1) is 13.1 Å². The molecule has 104 valence electrons. The fraction of sp³-hybridized carbons (Fsp3) is 0.733. The van der Waals surface area contributed by atoms with E-state index in [0.717, 1.165) is 50.7 Å². The number of rotatable bonds is 9. The molecular formula is C15H28N2O. The molecule has 1 N–H and O–H groups in total. The minimum atomic E-state index is 0.700. The molecule has 0 atom stereocenters. The minimum Gasteiger partial charge on any atom is -0.463 e. The van der Waals surface area contributed by atoms with E-state index in [4.69, 9.17) is 4.42 Å². The molecule has 0 aromatic carbocycles. The maximum atomic E-state index is 5.84. The number of nitrogens with zero attached hydrogens (tertiary/aromatic N) is 1. The van der Waals surface area contributed by atoms with Crippen LogP contribution in [-0.2, 0) is 13.1 Å². The van der Waals surface area contributed by atoms with E-state index in [1.165, 1.54) is 0 Å². The molecule has 1 aromatic heterocycles. The summed E-state index contributed by atoms with van der Waals surface area (Å²) in [5.74, 6) is 2.82. The van der Waals surface area contributed by atoms with Gasteiger partial charge in [-0.15, -0.1) is 0 Å². The zero-order valence-electron chi connectivity index (χ0n) is 12.3. The summed E-state index contributed by atoms with van der Waals surface area (Å²) in [7, 11) is 0. The van der Waals surface area contributed by atoms with Crippen molar-refractivity contribution in [1.29, 1.82) is 0 Å². The van der Waals surface area contributed by atoms with Crippen molar-refractivity contribution in [3.05, 3.63) is 23.7 Å². The number of hydrogen-bond donors (Lipinski definition) is 1. The molecule has 0 saturated carbocycles. The molecule has 0 aliphatic carbocycles. The molecule has 3 nitrogen and oxygen atoms in total. The molecule has 0 radical (unpaired) electrons. The van der Waals surface area contributed by atoms with Gasteiger partial charge in [-0.3, -0.25) is 4.90 Å². The van der Waals surface area contributed by atoms with Crippen LogP contribution in [0.3, 0.4) is 0 Å². The molecule has 0 aliphatic heterocycles. The molecule has 0 amide bonds. The van der Waals surface area contributed by atoms with E-state index >= 15 is 0 Å². The van der Waals surface area contributed by atoms with Gasteiger partial charge in [-0.2, -0.15) is 0 Å². The van der Waals surface area contributed by atoms with Crippen molar-refractivity contribution < 1.29 is 4.42 Å². The van der Waals surface area contributed by atoms with Gasteiger partial charge in [0.1, 0.15) is 11.5 Å². The first-order valence-corrected chi connectivity index (χ1v) is 7.16. The Balaban J connectivity index is 2.41. The monoisotopic (exact) mass is 252 g/mol. The van der Waals surface area contributed by atoms with Crippen LogP contribution in [0.5, 0.6) is 0 Å². The third kappa shape index (κ3) is 5.69. The summed E-state index contributed by atoms with van der Waals surface area (Å²) in [6, 6.07) is 4.19.